The van der Waals surface area contributed by atoms with E-state index in [4.69, 9.17) is 0 Å². The summed E-state index contributed by atoms with van der Waals surface area (Å²) in [5.41, 5.74) is 2.04. The van der Waals surface area contributed by atoms with Gasteiger partial charge in [0.2, 0.25) is 0 Å². The lowest BCUT2D eigenvalue weighted by Gasteiger charge is -2.34. The van der Waals surface area contributed by atoms with E-state index in [2.05, 4.69) is 19.9 Å². The van der Waals surface area contributed by atoms with Crippen LogP contribution >= 0.6 is 11.3 Å². The fourth-order valence-corrected chi connectivity index (χ4v) is 3.60. The molecule has 124 valence electrons. The Kier molecular flexibility index (Phi) is 4.27. The minimum absolute atomic E-state index is 0.232. The van der Waals surface area contributed by atoms with Gasteiger partial charge in [-0.15, -0.1) is 11.3 Å². The van der Waals surface area contributed by atoms with Crippen LogP contribution in [0.15, 0.2) is 48.2 Å². The molecule has 0 spiro atoms. The average Bonchev–Trinajstić information content (AvgIpc) is 3.28. The summed E-state index contributed by atoms with van der Waals surface area (Å²) in [6, 6.07) is 6.38. The van der Waals surface area contributed by atoms with Crippen LogP contribution in [-0.2, 0) is 6.54 Å². The highest BCUT2D eigenvalue weighted by Gasteiger charge is 2.19. The average molecular weight is 343 g/mol. The molecule has 1 fully saturated rings. The van der Waals surface area contributed by atoms with E-state index < -0.39 is 0 Å². The first-order valence-electron chi connectivity index (χ1n) is 7.94. The van der Waals surface area contributed by atoms with Crippen LogP contribution in [0.25, 0.3) is 5.69 Å². The summed E-state index contributed by atoms with van der Waals surface area (Å²) < 4.78 is 14.8. The van der Waals surface area contributed by atoms with Gasteiger partial charge in [-0.2, -0.15) is 5.10 Å². The lowest BCUT2D eigenvalue weighted by Crippen LogP contribution is -2.45. The van der Waals surface area contributed by atoms with Gasteiger partial charge >= 0.3 is 0 Å². The number of hydrogen-bond acceptors (Lipinski definition) is 5. The van der Waals surface area contributed by atoms with Gasteiger partial charge in [0.1, 0.15) is 5.82 Å². The molecule has 4 rings (SSSR count). The molecule has 7 heteroatoms. The second kappa shape index (κ2) is 6.70. The molecule has 0 N–H and O–H groups in total. The largest absolute Gasteiger partial charge is 0.346 e. The summed E-state index contributed by atoms with van der Waals surface area (Å²) >= 11 is 1.69. The zero-order valence-electron chi connectivity index (χ0n) is 13.2. The van der Waals surface area contributed by atoms with Crippen LogP contribution in [-0.4, -0.2) is 45.8 Å². The van der Waals surface area contributed by atoms with Gasteiger partial charge in [0.25, 0.3) is 0 Å². The molecular formula is C17H18FN5S. The van der Waals surface area contributed by atoms with E-state index in [-0.39, 0.29) is 5.82 Å². The van der Waals surface area contributed by atoms with Gasteiger partial charge in [-0.05, 0) is 24.3 Å². The first kappa shape index (κ1) is 15.3. The summed E-state index contributed by atoms with van der Waals surface area (Å²) in [5.74, 6) is -0.232. The number of halogens is 1. The summed E-state index contributed by atoms with van der Waals surface area (Å²) in [6.07, 6.45) is 5.76. The third kappa shape index (κ3) is 3.32. The van der Waals surface area contributed by atoms with Crippen molar-refractivity contribution in [2.75, 3.05) is 31.1 Å². The highest BCUT2D eigenvalue weighted by atomic mass is 32.1. The molecule has 3 heterocycles. The van der Waals surface area contributed by atoms with Crippen molar-refractivity contribution < 1.29 is 4.39 Å². The van der Waals surface area contributed by atoms with Crippen LogP contribution in [0, 0.1) is 5.82 Å². The van der Waals surface area contributed by atoms with Crippen molar-refractivity contribution in [2.24, 2.45) is 0 Å². The zero-order chi connectivity index (χ0) is 16.4. The summed E-state index contributed by atoms with van der Waals surface area (Å²) in [5, 5.41) is 7.52. The van der Waals surface area contributed by atoms with Gasteiger partial charge in [-0.3, -0.25) is 4.90 Å². The minimum Gasteiger partial charge on any atom is -0.346 e. The number of rotatable bonds is 4. The van der Waals surface area contributed by atoms with E-state index in [0.717, 1.165) is 43.5 Å². The minimum atomic E-state index is -0.232. The predicted molar refractivity (Wildman–Crippen MR) is 93.1 cm³/mol. The molecule has 0 amide bonds. The Balaban J connectivity index is 1.36. The highest BCUT2D eigenvalue weighted by Crippen LogP contribution is 2.19. The Labute approximate surface area is 144 Å². The van der Waals surface area contributed by atoms with Gasteiger partial charge in [-0.1, -0.05) is 0 Å². The normalized spacial score (nSPS) is 15.8. The van der Waals surface area contributed by atoms with Gasteiger partial charge in [0, 0.05) is 56.1 Å². The number of thiazole rings is 1. The highest BCUT2D eigenvalue weighted by molar-refractivity contribution is 7.13. The molecule has 0 bridgehead atoms. The smallest absolute Gasteiger partial charge is 0.185 e. The maximum atomic E-state index is 13.0. The number of aromatic nitrogens is 3. The molecule has 0 unspecified atom stereocenters. The second-order valence-corrected chi connectivity index (χ2v) is 6.72. The van der Waals surface area contributed by atoms with Gasteiger partial charge in [0.05, 0.1) is 11.9 Å². The van der Waals surface area contributed by atoms with Crippen molar-refractivity contribution >= 4 is 16.5 Å². The van der Waals surface area contributed by atoms with E-state index in [1.54, 1.807) is 28.2 Å². The van der Waals surface area contributed by atoms with Crippen LogP contribution in [0.5, 0.6) is 0 Å². The predicted octanol–water partition coefficient (Wildman–Crippen LogP) is 2.79. The van der Waals surface area contributed by atoms with Gasteiger partial charge in [0.15, 0.2) is 5.13 Å². The van der Waals surface area contributed by atoms with Crippen molar-refractivity contribution in [1.29, 1.82) is 0 Å². The van der Waals surface area contributed by atoms with Crippen molar-refractivity contribution in [3.8, 4) is 5.69 Å². The molecule has 2 aromatic heterocycles. The molecule has 24 heavy (non-hydrogen) atoms. The van der Waals surface area contributed by atoms with Crippen molar-refractivity contribution in [1.82, 2.24) is 19.7 Å². The molecule has 0 saturated carbocycles. The summed E-state index contributed by atoms with van der Waals surface area (Å²) in [6.45, 7) is 4.91. The van der Waals surface area contributed by atoms with E-state index in [0.29, 0.717) is 0 Å². The molecular weight excluding hydrogens is 325 g/mol. The third-order valence-electron chi connectivity index (χ3n) is 4.20. The molecule has 1 saturated heterocycles. The van der Waals surface area contributed by atoms with Crippen LogP contribution in [0.3, 0.4) is 0 Å². The first-order chi connectivity index (χ1) is 11.8. The number of piperazine rings is 1. The number of anilines is 1. The first-order valence-corrected chi connectivity index (χ1v) is 8.82. The maximum absolute atomic E-state index is 13.0. The van der Waals surface area contributed by atoms with Crippen molar-refractivity contribution in [2.45, 2.75) is 6.54 Å². The van der Waals surface area contributed by atoms with E-state index in [1.165, 1.54) is 17.7 Å². The molecule has 0 aliphatic carbocycles. The number of hydrogen-bond donors (Lipinski definition) is 0. The van der Waals surface area contributed by atoms with Gasteiger partial charge < -0.3 is 4.90 Å². The monoisotopic (exact) mass is 343 g/mol. The molecule has 1 aliphatic rings. The second-order valence-electron chi connectivity index (χ2n) is 5.85. The Morgan fingerprint density at radius 3 is 2.58 bits per heavy atom. The molecule has 0 radical (unpaired) electrons. The van der Waals surface area contributed by atoms with Crippen molar-refractivity contribution in [3.05, 3.63) is 59.6 Å². The van der Waals surface area contributed by atoms with Crippen LogP contribution < -0.4 is 4.90 Å². The molecule has 1 aromatic carbocycles. The lowest BCUT2D eigenvalue weighted by atomic mass is 10.2. The zero-order valence-corrected chi connectivity index (χ0v) is 14.0. The summed E-state index contributed by atoms with van der Waals surface area (Å²) in [7, 11) is 0. The molecule has 1 aliphatic heterocycles. The van der Waals surface area contributed by atoms with Crippen LogP contribution in [0.4, 0.5) is 9.52 Å². The maximum Gasteiger partial charge on any atom is 0.185 e. The Bertz CT molecular complexity index is 776. The quantitative estimate of drug-likeness (QED) is 0.730. The van der Waals surface area contributed by atoms with E-state index >= 15 is 0 Å². The number of nitrogens with zero attached hydrogens (tertiary/aromatic N) is 5. The van der Waals surface area contributed by atoms with Crippen LogP contribution in [0.1, 0.15) is 5.56 Å². The third-order valence-corrected chi connectivity index (χ3v) is 5.03. The topological polar surface area (TPSA) is 37.2 Å². The SMILES string of the molecule is Fc1ccc(-n2cc(CN3CCN(c4nccs4)CC3)cn2)cc1. The Morgan fingerprint density at radius 2 is 1.88 bits per heavy atom. The lowest BCUT2D eigenvalue weighted by molar-refractivity contribution is 0.250. The fourth-order valence-electron chi connectivity index (χ4n) is 2.90. The molecule has 5 nitrogen and oxygen atoms in total. The standard InChI is InChI=1S/C17H18FN5S/c18-15-1-3-16(4-2-15)23-13-14(11-20-23)12-21-6-8-22(9-7-21)17-19-5-10-24-17/h1-5,10-11,13H,6-9,12H2. The van der Waals surface area contributed by atoms with E-state index in [9.17, 15) is 4.39 Å². The molecule has 3 aromatic rings. The number of benzene rings is 1. The summed E-state index contributed by atoms with van der Waals surface area (Å²) in [4.78, 5) is 9.14. The van der Waals surface area contributed by atoms with E-state index in [1.807, 2.05) is 24.0 Å². The Hall–Kier alpha value is -2.25. The molecule has 0 atom stereocenters. The van der Waals surface area contributed by atoms with Crippen molar-refractivity contribution in [3.63, 3.8) is 0 Å². The van der Waals surface area contributed by atoms with Crippen LogP contribution in [0.2, 0.25) is 0 Å². The van der Waals surface area contributed by atoms with Gasteiger partial charge in [-0.25, -0.2) is 14.1 Å². The Morgan fingerprint density at radius 1 is 1.08 bits per heavy atom. The fraction of sp³-hybridized carbons (Fsp3) is 0.294.